The number of pyridine rings is 3. The molecular weight excluding hydrogens is 519 g/mol. The van der Waals surface area contributed by atoms with Crippen molar-refractivity contribution >= 4 is 32.9 Å². The van der Waals surface area contributed by atoms with Crippen LogP contribution in [0.3, 0.4) is 0 Å². The minimum atomic E-state index is -4.49. The Hall–Kier alpha value is -4.52. The van der Waals surface area contributed by atoms with Gasteiger partial charge in [-0.1, -0.05) is 11.3 Å². The summed E-state index contributed by atoms with van der Waals surface area (Å²) in [4.78, 5) is 39.0. The number of rotatable bonds is 5. The number of halogens is 3. The fraction of sp³-hybridized carbons (Fsp3) is 0.160. The number of nitrogens with one attached hydrogen (secondary N) is 1. The van der Waals surface area contributed by atoms with Crippen LogP contribution < -0.4 is 10.1 Å². The second kappa shape index (κ2) is 9.74. The van der Waals surface area contributed by atoms with E-state index in [0.717, 1.165) is 29.3 Å². The molecule has 5 aromatic rings. The molecule has 0 fully saturated rings. The van der Waals surface area contributed by atoms with Crippen molar-refractivity contribution in [1.82, 2.24) is 29.9 Å². The van der Waals surface area contributed by atoms with E-state index in [1.807, 2.05) is 19.9 Å². The lowest BCUT2D eigenvalue weighted by molar-refractivity contribution is -0.137. The number of aryl methyl sites for hydroxylation is 2. The number of fused-ring (bicyclic) bond motifs is 1. The third kappa shape index (κ3) is 5.00. The molecule has 0 saturated heterocycles. The smallest absolute Gasteiger partial charge is 0.417 e. The van der Waals surface area contributed by atoms with Gasteiger partial charge in [0.2, 0.25) is 0 Å². The van der Waals surface area contributed by atoms with Gasteiger partial charge in [0.1, 0.15) is 11.4 Å². The molecule has 0 atom stereocenters. The molecule has 0 spiro atoms. The molecule has 9 nitrogen and oxygen atoms in total. The van der Waals surface area contributed by atoms with Crippen molar-refractivity contribution in [2.45, 2.75) is 20.0 Å². The average molecular weight is 538 g/mol. The van der Waals surface area contributed by atoms with Gasteiger partial charge in [-0.15, -0.1) is 0 Å². The van der Waals surface area contributed by atoms with Gasteiger partial charge in [-0.05, 0) is 38.1 Å². The molecule has 192 valence electrons. The van der Waals surface area contributed by atoms with Gasteiger partial charge in [-0.3, -0.25) is 25.1 Å². The summed E-state index contributed by atoms with van der Waals surface area (Å²) in [6.45, 7) is 3.66. The van der Waals surface area contributed by atoms with Crippen LogP contribution in [0.1, 0.15) is 27.3 Å². The molecule has 0 aromatic carbocycles. The quantitative estimate of drug-likeness (QED) is 0.312. The first-order valence-corrected chi connectivity index (χ1v) is 11.9. The Kier molecular flexibility index (Phi) is 6.45. The number of amides is 1. The van der Waals surface area contributed by atoms with E-state index in [0.29, 0.717) is 33.0 Å². The highest BCUT2D eigenvalue weighted by Crippen LogP contribution is 2.34. The lowest BCUT2D eigenvalue weighted by Crippen LogP contribution is -2.14. The minimum Gasteiger partial charge on any atom is -0.494 e. The zero-order valence-electron chi connectivity index (χ0n) is 20.2. The standard InChI is InChI=1S/C25H18F3N7O2S/c1-12-6-15(16-7-13(2)30-11-20(16)37-3)17(9-29-12)22(36)35-24-34-21-23(38-24)33-19(10-32-21)18-5-4-14(8-31-18)25(26,27)28/h4-11H,1-3H3,(H,32,34,35,36). The van der Waals surface area contributed by atoms with Crippen molar-refractivity contribution in [3.05, 3.63) is 71.6 Å². The summed E-state index contributed by atoms with van der Waals surface area (Å²) < 4.78 is 44.0. The first-order chi connectivity index (χ1) is 18.1. The number of methoxy groups -OCH3 is 1. The Morgan fingerprint density at radius 3 is 2.32 bits per heavy atom. The van der Waals surface area contributed by atoms with Crippen molar-refractivity contribution in [1.29, 1.82) is 0 Å². The summed E-state index contributed by atoms with van der Waals surface area (Å²) in [5, 5.41) is 3.01. The normalized spacial score (nSPS) is 11.5. The summed E-state index contributed by atoms with van der Waals surface area (Å²) in [5.41, 5.74) is 2.99. The largest absolute Gasteiger partial charge is 0.494 e. The van der Waals surface area contributed by atoms with E-state index in [1.54, 1.807) is 12.3 Å². The fourth-order valence-electron chi connectivity index (χ4n) is 3.66. The van der Waals surface area contributed by atoms with Gasteiger partial charge in [0, 0.05) is 34.9 Å². The van der Waals surface area contributed by atoms with Gasteiger partial charge < -0.3 is 4.74 Å². The number of carbonyl (C=O) groups excluding carboxylic acids is 1. The van der Waals surface area contributed by atoms with Crippen LogP contribution >= 0.6 is 11.3 Å². The van der Waals surface area contributed by atoms with Gasteiger partial charge in [-0.2, -0.15) is 18.2 Å². The van der Waals surface area contributed by atoms with Crippen LogP contribution in [0.2, 0.25) is 0 Å². The zero-order valence-corrected chi connectivity index (χ0v) is 21.0. The molecule has 0 aliphatic rings. The number of ether oxygens (including phenoxy) is 1. The molecule has 5 heterocycles. The van der Waals surface area contributed by atoms with E-state index in [9.17, 15) is 18.0 Å². The van der Waals surface area contributed by atoms with E-state index in [-0.39, 0.29) is 22.2 Å². The Morgan fingerprint density at radius 2 is 1.63 bits per heavy atom. The maximum Gasteiger partial charge on any atom is 0.417 e. The topological polar surface area (TPSA) is 116 Å². The Bertz CT molecular complexity index is 1670. The van der Waals surface area contributed by atoms with Crippen LogP contribution in [0.25, 0.3) is 33.0 Å². The van der Waals surface area contributed by atoms with Crippen molar-refractivity contribution in [3.63, 3.8) is 0 Å². The summed E-state index contributed by atoms with van der Waals surface area (Å²) >= 11 is 1.07. The first kappa shape index (κ1) is 25.1. The number of carbonyl (C=O) groups is 1. The molecule has 1 N–H and O–H groups in total. The number of nitrogens with zero attached hydrogens (tertiary/aromatic N) is 6. The van der Waals surface area contributed by atoms with E-state index in [4.69, 9.17) is 4.74 Å². The predicted molar refractivity (Wildman–Crippen MR) is 135 cm³/mol. The van der Waals surface area contributed by atoms with Crippen LogP contribution in [0.15, 0.2) is 49.1 Å². The molecule has 0 radical (unpaired) electrons. The lowest BCUT2D eigenvalue weighted by Gasteiger charge is -2.13. The van der Waals surface area contributed by atoms with Crippen molar-refractivity contribution in [3.8, 4) is 28.3 Å². The second-order valence-electron chi connectivity index (χ2n) is 8.18. The van der Waals surface area contributed by atoms with Crippen LogP contribution in [-0.2, 0) is 6.18 Å². The monoisotopic (exact) mass is 537 g/mol. The predicted octanol–water partition coefficient (Wildman–Crippen LogP) is 5.50. The summed E-state index contributed by atoms with van der Waals surface area (Å²) in [7, 11) is 1.53. The zero-order chi connectivity index (χ0) is 27.0. The summed E-state index contributed by atoms with van der Waals surface area (Å²) in [5.74, 6) is 0.0562. The van der Waals surface area contributed by atoms with E-state index in [1.165, 1.54) is 25.6 Å². The van der Waals surface area contributed by atoms with Crippen LogP contribution in [0.5, 0.6) is 5.75 Å². The molecule has 0 aliphatic heterocycles. The van der Waals surface area contributed by atoms with Crippen molar-refractivity contribution < 1.29 is 22.7 Å². The highest BCUT2D eigenvalue weighted by molar-refractivity contribution is 7.21. The van der Waals surface area contributed by atoms with Gasteiger partial charge >= 0.3 is 6.18 Å². The van der Waals surface area contributed by atoms with Gasteiger partial charge in [0.25, 0.3) is 5.91 Å². The summed E-state index contributed by atoms with van der Waals surface area (Å²) in [6.07, 6.45) is 0.693. The lowest BCUT2D eigenvalue weighted by atomic mass is 9.99. The number of hydrogen-bond donors (Lipinski definition) is 1. The van der Waals surface area contributed by atoms with E-state index >= 15 is 0 Å². The molecule has 0 saturated carbocycles. The highest BCUT2D eigenvalue weighted by Gasteiger charge is 2.30. The molecule has 38 heavy (non-hydrogen) atoms. The highest BCUT2D eigenvalue weighted by atomic mass is 32.1. The number of alkyl halides is 3. The fourth-order valence-corrected chi connectivity index (χ4v) is 4.45. The average Bonchev–Trinajstić information content (AvgIpc) is 3.29. The number of anilines is 1. The summed E-state index contributed by atoms with van der Waals surface area (Å²) in [6, 6.07) is 5.77. The van der Waals surface area contributed by atoms with Crippen LogP contribution in [-0.4, -0.2) is 42.9 Å². The number of aromatic nitrogens is 6. The number of hydrogen-bond acceptors (Lipinski definition) is 9. The first-order valence-electron chi connectivity index (χ1n) is 11.1. The molecule has 5 aromatic heterocycles. The molecule has 0 unspecified atom stereocenters. The molecule has 1 amide bonds. The van der Waals surface area contributed by atoms with Gasteiger partial charge in [0.05, 0.1) is 36.3 Å². The Morgan fingerprint density at radius 1 is 0.895 bits per heavy atom. The van der Waals surface area contributed by atoms with Crippen molar-refractivity contribution in [2.75, 3.05) is 12.4 Å². The maximum absolute atomic E-state index is 13.3. The molecule has 0 bridgehead atoms. The third-order valence-electron chi connectivity index (χ3n) is 5.50. The van der Waals surface area contributed by atoms with Crippen LogP contribution in [0.4, 0.5) is 18.3 Å². The molecule has 0 aliphatic carbocycles. The maximum atomic E-state index is 13.3. The Balaban J connectivity index is 1.44. The van der Waals surface area contributed by atoms with Crippen LogP contribution in [0, 0.1) is 13.8 Å². The van der Waals surface area contributed by atoms with Gasteiger partial charge in [0.15, 0.2) is 15.6 Å². The molecule has 13 heteroatoms. The number of thiazole rings is 1. The molecule has 5 rings (SSSR count). The van der Waals surface area contributed by atoms with Gasteiger partial charge in [-0.25, -0.2) is 9.97 Å². The third-order valence-corrected chi connectivity index (χ3v) is 6.35. The Labute approximate surface area is 217 Å². The molecular formula is C25H18F3N7O2S. The van der Waals surface area contributed by atoms with E-state index < -0.39 is 17.6 Å². The van der Waals surface area contributed by atoms with Crippen molar-refractivity contribution in [2.24, 2.45) is 0 Å². The SMILES string of the molecule is COc1cnc(C)cc1-c1cc(C)ncc1C(=O)Nc1nc2ncc(-c3ccc(C(F)(F)F)cn3)nc2s1. The van der Waals surface area contributed by atoms with E-state index in [2.05, 4.69) is 35.2 Å². The minimum absolute atomic E-state index is 0.225. The second-order valence-corrected chi connectivity index (χ2v) is 9.16.